The molecule has 160 valence electrons. The van der Waals surface area contributed by atoms with Crippen molar-refractivity contribution in [2.45, 2.75) is 27.7 Å². The van der Waals surface area contributed by atoms with Crippen LogP contribution >= 0.6 is 8.58 Å². The Hall–Kier alpha value is -1.66. The standard InChI is InChI=1S/C23H31O5P.Li.H/c1-15(2)13-27-17-10-11-21(20(12-17)28-14-16(3)4)29-23(24)22-18(25-5)8-7-9-19(22)26-6;;/h7-12,15-16,29H,13-14H2,1-6H3;;. The summed E-state index contributed by atoms with van der Waals surface area (Å²) in [5.74, 6) is 3.23. The Bertz CT molecular complexity index is 801. The second-order valence-corrected chi connectivity index (χ2v) is 8.80. The quantitative estimate of drug-likeness (QED) is 0.397. The molecule has 2 aromatic carbocycles. The van der Waals surface area contributed by atoms with E-state index in [9.17, 15) is 4.79 Å². The summed E-state index contributed by atoms with van der Waals surface area (Å²) in [6.07, 6.45) is 0. The first-order chi connectivity index (χ1) is 13.8. The first-order valence-corrected chi connectivity index (χ1v) is 10.8. The molecule has 1 unspecified atom stereocenters. The normalized spacial score (nSPS) is 10.9. The van der Waals surface area contributed by atoms with Gasteiger partial charge in [0.1, 0.15) is 28.6 Å². The Labute approximate surface area is 193 Å². The third kappa shape index (κ3) is 7.55. The van der Waals surface area contributed by atoms with Gasteiger partial charge in [-0.1, -0.05) is 33.8 Å². The number of ether oxygens (including phenoxy) is 4. The summed E-state index contributed by atoms with van der Waals surface area (Å²) in [7, 11) is 2.97. The van der Waals surface area contributed by atoms with Gasteiger partial charge in [0.15, 0.2) is 5.52 Å². The van der Waals surface area contributed by atoms with Crippen molar-refractivity contribution >= 4 is 38.3 Å². The molecule has 0 saturated heterocycles. The summed E-state index contributed by atoms with van der Waals surface area (Å²) in [5, 5.41) is 0.834. The minimum atomic E-state index is -0.129. The number of methoxy groups -OCH3 is 2. The van der Waals surface area contributed by atoms with E-state index in [2.05, 4.69) is 27.7 Å². The molecule has 0 radical (unpaired) electrons. The molecule has 1 atom stereocenters. The van der Waals surface area contributed by atoms with Crippen molar-refractivity contribution in [3.8, 4) is 23.0 Å². The van der Waals surface area contributed by atoms with Gasteiger partial charge < -0.3 is 18.9 Å². The summed E-state index contributed by atoms with van der Waals surface area (Å²) >= 11 is 0. The minimum absolute atomic E-state index is 0. The zero-order chi connectivity index (χ0) is 21.4. The molecule has 0 heterocycles. The summed E-state index contributed by atoms with van der Waals surface area (Å²) in [6.45, 7) is 9.58. The summed E-state index contributed by atoms with van der Waals surface area (Å²) < 4.78 is 22.6. The van der Waals surface area contributed by atoms with Crippen molar-refractivity contribution in [1.29, 1.82) is 0 Å². The number of carbonyl (C=O) groups excluding carboxylic acids is 1. The molecule has 0 aromatic heterocycles. The van der Waals surface area contributed by atoms with Crippen LogP contribution in [-0.4, -0.2) is 51.8 Å². The molecule has 0 aliphatic carbocycles. The molecule has 0 amide bonds. The van der Waals surface area contributed by atoms with Gasteiger partial charge in [0, 0.05) is 11.4 Å². The van der Waals surface area contributed by atoms with Gasteiger partial charge in [0.2, 0.25) is 0 Å². The van der Waals surface area contributed by atoms with Crippen LogP contribution in [0.4, 0.5) is 0 Å². The van der Waals surface area contributed by atoms with Gasteiger partial charge in [0.05, 0.1) is 27.4 Å². The molecular formula is C23H32LiO5P. The van der Waals surface area contributed by atoms with E-state index in [-0.39, 0.29) is 33.0 Å². The van der Waals surface area contributed by atoms with Crippen LogP contribution in [0.25, 0.3) is 0 Å². The molecule has 0 aliphatic rings. The van der Waals surface area contributed by atoms with E-state index < -0.39 is 0 Å². The first-order valence-electron chi connectivity index (χ1n) is 9.77. The first kappa shape index (κ1) is 26.4. The van der Waals surface area contributed by atoms with Crippen LogP contribution < -0.4 is 24.3 Å². The van der Waals surface area contributed by atoms with Gasteiger partial charge in [-0.15, -0.1) is 0 Å². The van der Waals surface area contributed by atoms with E-state index >= 15 is 0 Å². The van der Waals surface area contributed by atoms with Crippen molar-refractivity contribution in [3.63, 3.8) is 0 Å². The predicted octanol–water partition coefficient (Wildman–Crippen LogP) is 4.27. The molecule has 0 N–H and O–H groups in total. The second-order valence-electron chi connectivity index (χ2n) is 7.56. The van der Waals surface area contributed by atoms with Crippen LogP contribution in [0.15, 0.2) is 36.4 Å². The SMILES string of the molecule is COc1cccc(OC)c1C(=O)Pc1ccc(OCC(C)C)cc1OCC(C)C.[LiH]. The Morgan fingerprint density at radius 2 is 1.43 bits per heavy atom. The van der Waals surface area contributed by atoms with Crippen molar-refractivity contribution in [1.82, 2.24) is 0 Å². The molecule has 0 fully saturated rings. The Balaban J connectivity index is 0.00000450. The van der Waals surface area contributed by atoms with Crippen LogP contribution in [0.2, 0.25) is 0 Å². The van der Waals surface area contributed by atoms with E-state index in [1.165, 1.54) is 0 Å². The fourth-order valence-electron chi connectivity index (χ4n) is 2.59. The van der Waals surface area contributed by atoms with Crippen LogP contribution in [0, 0.1) is 11.8 Å². The summed E-state index contributed by atoms with van der Waals surface area (Å²) in [4.78, 5) is 13.1. The van der Waals surface area contributed by atoms with Gasteiger partial charge in [0.25, 0.3) is 0 Å². The molecule has 0 spiro atoms. The molecule has 5 nitrogen and oxygen atoms in total. The maximum atomic E-state index is 13.1. The average Bonchev–Trinajstić information content (AvgIpc) is 2.70. The van der Waals surface area contributed by atoms with Gasteiger partial charge in [-0.05, 0) is 44.7 Å². The fourth-order valence-corrected chi connectivity index (χ4v) is 3.64. The zero-order valence-corrected chi connectivity index (χ0v) is 19.1. The van der Waals surface area contributed by atoms with Gasteiger partial charge >= 0.3 is 18.9 Å². The van der Waals surface area contributed by atoms with Gasteiger partial charge in [-0.2, -0.15) is 0 Å². The van der Waals surface area contributed by atoms with E-state index in [4.69, 9.17) is 18.9 Å². The number of benzene rings is 2. The molecule has 30 heavy (non-hydrogen) atoms. The summed E-state index contributed by atoms with van der Waals surface area (Å²) in [5.41, 5.74) is 0.385. The van der Waals surface area contributed by atoms with Crippen molar-refractivity contribution < 1.29 is 23.7 Å². The molecule has 2 rings (SSSR count). The van der Waals surface area contributed by atoms with Gasteiger partial charge in [-0.25, -0.2) is 0 Å². The monoisotopic (exact) mass is 426 g/mol. The van der Waals surface area contributed by atoms with Crippen molar-refractivity contribution in [2.75, 3.05) is 27.4 Å². The Kier molecular flexibility index (Phi) is 11.3. The average molecular weight is 426 g/mol. The van der Waals surface area contributed by atoms with Crippen molar-refractivity contribution in [3.05, 3.63) is 42.0 Å². The Morgan fingerprint density at radius 3 is 1.97 bits per heavy atom. The second kappa shape index (κ2) is 12.9. The molecule has 0 bridgehead atoms. The van der Waals surface area contributed by atoms with Crippen LogP contribution in [-0.2, 0) is 0 Å². The molecule has 7 heteroatoms. The van der Waals surface area contributed by atoms with Crippen LogP contribution in [0.3, 0.4) is 0 Å². The van der Waals surface area contributed by atoms with E-state index in [0.717, 1.165) is 11.1 Å². The summed E-state index contributed by atoms with van der Waals surface area (Å²) in [6, 6.07) is 11.0. The molecular weight excluding hydrogens is 394 g/mol. The van der Waals surface area contributed by atoms with E-state index in [1.807, 2.05) is 18.2 Å². The van der Waals surface area contributed by atoms with Crippen molar-refractivity contribution in [2.24, 2.45) is 11.8 Å². The van der Waals surface area contributed by atoms with Crippen LogP contribution in [0.5, 0.6) is 23.0 Å². The fraction of sp³-hybridized carbons (Fsp3) is 0.435. The third-order valence-electron chi connectivity index (χ3n) is 4.01. The number of hydrogen-bond donors (Lipinski definition) is 0. The molecule has 0 aliphatic heterocycles. The van der Waals surface area contributed by atoms with Crippen LogP contribution in [0.1, 0.15) is 38.1 Å². The number of carbonyl (C=O) groups is 1. The third-order valence-corrected chi connectivity index (χ3v) is 5.17. The molecule has 0 saturated carbocycles. The topological polar surface area (TPSA) is 54.0 Å². The predicted molar refractivity (Wildman–Crippen MR) is 126 cm³/mol. The van der Waals surface area contributed by atoms with E-state index in [0.29, 0.717) is 47.9 Å². The van der Waals surface area contributed by atoms with Gasteiger partial charge in [-0.3, -0.25) is 4.79 Å². The molecule has 2 aromatic rings. The maximum absolute atomic E-state index is 13.1. The number of rotatable bonds is 11. The number of hydrogen-bond acceptors (Lipinski definition) is 5. The Morgan fingerprint density at radius 1 is 0.867 bits per heavy atom. The zero-order valence-electron chi connectivity index (χ0n) is 18.1. The van der Waals surface area contributed by atoms with E-state index in [1.54, 1.807) is 32.4 Å².